The van der Waals surface area contributed by atoms with Crippen LogP contribution in [-0.4, -0.2) is 36.4 Å². The van der Waals surface area contributed by atoms with Crippen LogP contribution in [0.5, 0.6) is 0 Å². The van der Waals surface area contributed by atoms with E-state index in [2.05, 4.69) is 5.32 Å². The van der Waals surface area contributed by atoms with Gasteiger partial charge in [-0.1, -0.05) is 0 Å². The minimum atomic E-state index is -0.748. The molecule has 1 fully saturated rings. The first-order valence-corrected chi connectivity index (χ1v) is 4.62. The summed E-state index contributed by atoms with van der Waals surface area (Å²) in [6, 6.07) is 0.500. The van der Waals surface area contributed by atoms with Gasteiger partial charge in [0, 0.05) is 19.2 Å². The van der Waals surface area contributed by atoms with Crippen LogP contribution in [0.3, 0.4) is 0 Å². The van der Waals surface area contributed by atoms with Crippen molar-refractivity contribution in [2.24, 2.45) is 0 Å². The molecule has 0 aromatic rings. The summed E-state index contributed by atoms with van der Waals surface area (Å²) in [7, 11) is 1.71. The highest BCUT2D eigenvalue weighted by Crippen LogP contribution is 2.23. The van der Waals surface area contributed by atoms with E-state index in [1.54, 1.807) is 7.11 Å². The van der Waals surface area contributed by atoms with Crippen LogP contribution in [0.15, 0.2) is 0 Å². The Hall–Kier alpha value is -0.610. The summed E-state index contributed by atoms with van der Waals surface area (Å²) < 4.78 is 5.12. The number of ether oxygens (including phenoxy) is 1. The fourth-order valence-electron chi connectivity index (χ4n) is 1.62. The summed E-state index contributed by atoms with van der Waals surface area (Å²) in [6.07, 6.45) is 2.56. The van der Waals surface area contributed by atoms with Crippen LogP contribution < -0.4 is 5.32 Å². The summed E-state index contributed by atoms with van der Waals surface area (Å²) >= 11 is 0. The Balaban J connectivity index is 2.09. The molecule has 76 valence electrons. The van der Waals surface area contributed by atoms with Crippen molar-refractivity contribution in [2.75, 3.05) is 7.11 Å². The number of nitrogens with one attached hydrogen (secondary N) is 1. The Bertz CT molecular complexity index is 178. The molecule has 2 N–H and O–H groups in total. The third-order valence-corrected chi connectivity index (χ3v) is 2.43. The molecule has 0 saturated heterocycles. The summed E-state index contributed by atoms with van der Waals surface area (Å²) in [4.78, 5) is 10.4. The molecule has 0 aromatic carbocycles. The van der Waals surface area contributed by atoms with E-state index in [4.69, 9.17) is 9.84 Å². The summed E-state index contributed by atoms with van der Waals surface area (Å²) in [6.45, 7) is 1.90. The predicted octanol–water partition coefficient (Wildman–Crippen LogP) is 0.617. The molecule has 0 radical (unpaired) electrons. The van der Waals surface area contributed by atoms with Crippen LogP contribution in [0, 0.1) is 0 Å². The van der Waals surface area contributed by atoms with Crippen molar-refractivity contribution in [3.8, 4) is 0 Å². The zero-order valence-corrected chi connectivity index (χ0v) is 8.12. The second kappa shape index (κ2) is 4.58. The molecule has 0 heterocycles. The van der Waals surface area contributed by atoms with Crippen molar-refractivity contribution in [1.29, 1.82) is 0 Å². The Morgan fingerprint density at radius 2 is 2.31 bits per heavy atom. The van der Waals surface area contributed by atoms with Crippen LogP contribution in [0.1, 0.15) is 26.2 Å². The number of aliphatic carboxylic acids is 1. The van der Waals surface area contributed by atoms with Crippen LogP contribution in [0.25, 0.3) is 0 Å². The van der Waals surface area contributed by atoms with E-state index in [1.807, 2.05) is 6.92 Å². The standard InChI is InChI=1S/C9H17NO3/c1-6(3-9(11)12)10-7-4-8(5-7)13-2/h6-8,10H,3-5H2,1-2H3,(H,11,12). The molecule has 1 unspecified atom stereocenters. The molecule has 4 heteroatoms. The first-order chi connectivity index (χ1) is 6.11. The maximum absolute atomic E-state index is 10.4. The van der Waals surface area contributed by atoms with Gasteiger partial charge in [0.2, 0.25) is 0 Å². The lowest BCUT2D eigenvalue weighted by molar-refractivity contribution is -0.137. The molecule has 0 aromatic heterocycles. The van der Waals surface area contributed by atoms with Crippen LogP contribution >= 0.6 is 0 Å². The molecule has 1 saturated carbocycles. The third-order valence-electron chi connectivity index (χ3n) is 2.43. The van der Waals surface area contributed by atoms with Gasteiger partial charge in [-0.25, -0.2) is 0 Å². The van der Waals surface area contributed by atoms with Gasteiger partial charge in [-0.3, -0.25) is 4.79 Å². The van der Waals surface area contributed by atoms with Gasteiger partial charge in [0.25, 0.3) is 0 Å². The zero-order chi connectivity index (χ0) is 9.84. The highest BCUT2D eigenvalue weighted by molar-refractivity contribution is 5.67. The Morgan fingerprint density at radius 1 is 1.69 bits per heavy atom. The van der Waals surface area contributed by atoms with Gasteiger partial charge < -0.3 is 15.2 Å². The van der Waals surface area contributed by atoms with E-state index in [0.29, 0.717) is 12.1 Å². The molecule has 1 aliphatic rings. The maximum Gasteiger partial charge on any atom is 0.304 e. The van der Waals surface area contributed by atoms with E-state index in [0.717, 1.165) is 12.8 Å². The van der Waals surface area contributed by atoms with Crippen LogP contribution in [0.2, 0.25) is 0 Å². The molecule has 13 heavy (non-hydrogen) atoms. The SMILES string of the molecule is COC1CC(NC(C)CC(=O)O)C1. The highest BCUT2D eigenvalue weighted by atomic mass is 16.5. The molecule has 1 aliphatic carbocycles. The minimum absolute atomic E-state index is 0.0558. The number of hydrogen-bond donors (Lipinski definition) is 2. The molecule has 0 amide bonds. The number of methoxy groups -OCH3 is 1. The molecular weight excluding hydrogens is 170 g/mol. The number of rotatable bonds is 5. The number of carboxylic acid groups (broad SMARTS) is 1. The molecule has 0 aliphatic heterocycles. The van der Waals surface area contributed by atoms with E-state index in [1.165, 1.54) is 0 Å². The third kappa shape index (κ3) is 3.32. The molecule has 1 atom stereocenters. The fraction of sp³-hybridized carbons (Fsp3) is 0.889. The number of carbonyl (C=O) groups is 1. The lowest BCUT2D eigenvalue weighted by atomic mass is 9.88. The van der Waals surface area contributed by atoms with Gasteiger partial charge in [0.1, 0.15) is 0 Å². The largest absolute Gasteiger partial charge is 0.481 e. The number of hydrogen-bond acceptors (Lipinski definition) is 3. The van der Waals surface area contributed by atoms with Crippen molar-refractivity contribution in [3.05, 3.63) is 0 Å². The normalized spacial score (nSPS) is 29.4. The Kier molecular flexibility index (Phi) is 3.69. The van der Waals surface area contributed by atoms with E-state index in [9.17, 15) is 4.79 Å². The molecule has 0 spiro atoms. The van der Waals surface area contributed by atoms with E-state index in [-0.39, 0.29) is 12.5 Å². The highest BCUT2D eigenvalue weighted by Gasteiger charge is 2.29. The quantitative estimate of drug-likeness (QED) is 0.662. The smallest absolute Gasteiger partial charge is 0.304 e. The molecular formula is C9H17NO3. The van der Waals surface area contributed by atoms with E-state index < -0.39 is 5.97 Å². The first-order valence-electron chi connectivity index (χ1n) is 4.62. The predicted molar refractivity (Wildman–Crippen MR) is 48.7 cm³/mol. The second-order valence-corrected chi connectivity index (χ2v) is 3.69. The summed E-state index contributed by atoms with van der Waals surface area (Å²) in [5, 5.41) is 11.8. The van der Waals surface area contributed by atoms with Crippen molar-refractivity contribution in [2.45, 2.75) is 44.4 Å². The van der Waals surface area contributed by atoms with E-state index >= 15 is 0 Å². The van der Waals surface area contributed by atoms with Crippen LogP contribution in [-0.2, 0) is 9.53 Å². The summed E-state index contributed by atoms with van der Waals surface area (Å²) in [5.41, 5.74) is 0. The van der Waals surface area contributed by atoms with Gasteiger partial charge in [0.15, 0.2) is 0 Å². The second-order valence-electron chi connectivity index (χ2n) is 3.69. The summed E-state index contributed by atoms with van der Waals surface area (Å²) in [5.74, 6) is -0.748. The Labute approximate surface area is 78.3 Å². The first kappa shape index (κ1) is 10.5. The van der Waals surface area contributed by atoms with Crippen molar-refractivity contribution in [1.82, 2.24) is 5.32 Å². The number of carboxylic acids is 1. The lowest BCUT2D eigenvalue weighted by Crippen LogP contribution is -2.48. The molecule has 1 rings (SSSR count). The zero-order valence-electron chi connectivity index (χ0n) is 8.12. The lowest BCUT2D eigenvalue weighted by Gasteiger charge is -2.36. The monoisotopic (exact) mass is 187 g/mol. The average Bonchev–Trinajstić information content (AvgIpc) is 1.94. The van der Waals surface area contributed by atoms with Gasteiger partial charge in [-0.05, 0) is 19.8 Å². The maximum atomic E-state index is 10.4. The van der Waals surface area contributed by atoms with Crippen molar-refractivity contribution >= 4 is 5.97 Å². The Morgan fingerprint density at radius 3 is 2.77 bits per heavy atom. The van der Waals surface area contributed by atoms with Crippen LogP contribution in [0.4, 0.5) is 0 Å². The van der Waals surface area contributed by atoms with Gasteiger partial charge in [-0.15, -0.1) is 0 Å². The average molecular weight is 187 g/mol. The van der Waals surface area contributed by atoms with Gasteiger partial charge in [0.05, 0.1) is 12.5 Å². The van der Waals surface area contributed by atoms with Crippen molar-refractivity contribution < 1.29 is 14.6 Å². The van der Waals surface area contributed by atoms with Crippen molar-refractivity contribution in [3.63, 3.8) is 0 Å². The van der Waals surface area contributed by atoms with Gasteiger partial charge in [-0.2, -0.15) is 0 Å². The molecule has 0 bridgehead atoms. The minimum Gasteiger partial charge on any atom is -0.481 e. The molecule has 4 nitrogen and oxygen atoms in total. The fourth-order valence-corrected chi connectivity index (χ4v) is 1.62. The van der Waals surface area contributed by atoms with Gasteiger partial charge >= 0.3 is 5.97 Å². The topological polar surface area (TPSA) is 58.6 Å².